The number of nitrogens with one attached hydrogen (secondary N) is 2. The molecule has 9 heteroatoms. The zero-order valence-corrected chi connectivity index (χ0v) is 21.0. The van der Waals surface area contributed by atoms with Crippen molar-refractivity contribution in [2.75, 3.05) is 44.8 Å². The van der Waals surface area contributed by atoms with Crippen LogP contribution in [0.25, 0.3) is 11.1 Å². The summed E-state index contributed by atoms with van der Waals surface area (Å²) >= 11 is 0. The van der Waals surface area contributed by atoms with E-state index in [1.807, 2.05) is 48.5 Å². The van der Waals surface area contributed by atoms with E-state index in [2.05, 4.69) is 20.2 Å². The van der Waals surface area contributed by atoms with Crippen molar-refractivity contribution in [3.63, 3.8) is 0 Å². The molecular weight excluding hydrogens is 468 g/mol. The molecule has 4 N–H and O–H groups in total. The van der Waals surface area contributed by atoms with Crippen LogP contribution in [-0.2, 0) is 22.5 Å². The van der Waals surface area contributed by atoms with Gasteiger partial charge in [0.05, 0.1) is 25.5 Å². The lowest BCUT2D eigenvalue weighted by atomic mass is 10.0. The molecule has 9 nitrogen and oxygen atoms in total. The summed E-state index contributed by atoms with van der Waals surface area (Å²) in [6, 6.07) is 16.0. The first-order chi connectivity index (χ1) is 18.0. The van der Waals surface area contributed by atoms with Crippen LogP contribution in [-0.4, -0.2) is 65.9 Å². The van der Waals surface area contributed by atoms with E-state index in [-0.39, 0.29) is 18.0 Å². The van der Waals surface area contributed by atoms with Crippen LogP contribution < -0.4 is 15.8 Å². The van der Waals surface area contributed by atoms with Gasteiger partial charge in [-0.1, -0.05) is 36.4 Å². The van der Waals surface area contributed by atoms with Gasteiger partial charge in [-0.3, -0.25) is 15.1 Å². The van der Waals surface area contributed by atoms with E-state index in [9.17, 15) is 4.79 Å². The van der Waals surface area contributed by atoms with Crippen LogP contribution in [0.4, 0.5) is 5.95 Å². The number of nitrogens with zero attached hydrogens (tertiary/aromatic N) is 3. The molecule has 0 unspecified atom stereocenters. The first-order valence-electron chi connectivity index (χ1n) is 12.6. The quantitative estimate of drug-likeness (QED) is 0.240. The van der Waals surface area contributed by atoms with Crippen molar-refractivity contribution < 1.29 is 14.3 Å². The van der Waals surface area contributed by atoms with Crippen molar-refractivity contribution in [3.05, 3.63) is 72.1 Å². The zero-order chi connectivity index (χ0) is 25.9. The fourth-order valence-corrected chi connectivity index (χ4v) is 4.10. The van der Waals surface area contributed by atoms with Gasteiger partial charge in [0.15, 0.2) is 0 Å². The SMILES string of the molecule is N=C(N)CC(=O)CCc1cccc(-c2cnc(NCc3cccc(OCCN4CCOCC4)c3)nc2)c1. The lowest BCUT2D eigenvalue weighted by Gasteiger charge is -2.26. The van der Waals surface area contributed by atoms with Crippen LogP contribution in [0.15, 0.2) is 60.9 Å². The van der Waals surface area contributed by atoms with E-state index in [4.69, 9.17) is 20.6 Å². The fourth-order valence-electron chi connectivity index (χ4n) is 4.10. The van der Waals surface area contributed by atoms with E-state index in [0.717, 1.165) is 60.9 Å². The third kappa shape index (κ3) is 8.66. The third-order valence-corrected chi connectivity index (χ3v) is 6.12. The molecule has 0 spiro atoms. The molecule has 1 aromatic heterocycles. The highest BCUT2D eigenvalue weighted by atomic mass is 16.5. The lowest BCUT2D eigenvalue weighted by Crippen LogP contribution is -2.38. The number of ether oxygens (including phenoxy) is 2. The van der Waals surface area contributed by atoms with Gasteiger partial charge in [-0.15, -0.1) is 0 Å². The molecule has 1 saturated heterocycles. The maximum absolute atomic E-state index is 11.8. The number of anilines is 1. The minimum Gasteiger partial charge on any atom is -0.492 e. The summed E-state index contributed by atoms with van der Waals surface area (Å²) in [5.41, 5.74) is 9.33. The Morgan fingerprint density at radius 1 is 1.05 bits per heavy atom. The van der Waals surface area contributed by atoms with Crippen molar-refractivity contribution in [2.24, 2.45) is 5.73 Å². The predicted molar refractivity (Wildman–Crippen MR) is 144 cm³/mol. The number of aryl methyl sites for hydroxylation is 1. The number of Topliss-reactive ketones (excluding diaryl/α,β-unsaturated/α-hetero) is 1. The van der Waals surface area contributed by atoms with Crippen LogP contribution in [0.5, 0.6) is 5.75 Å². The molecular formula is C28H34N6O3. The number of carbonyl (C=O) groups is 1. The summed E-state index contributed by atoms with van der Waals surface area (Å²) in [7, 11) is 0. The van der Waals surface area contributed by atoms with Gasteiger partial charge < -0.3 is 20.5 Å². The van der Waals surface area contributed by atoms with Crippen LogP contribution in [0.3, 0.4) is 0 Å². The predicted octanol–water partition coefficient (Wildman–Crippen LogP) is 3.29. The largest absolute Gasteiger partial charge is 0.492 e. The molecule has 0 atom stereocenters. The zero-order valence-electron chi connectivity index (χ0n) is 21.0. The second kappa shape index (κ2) is 13.5. The monoisotopic (exact) mass is 502 g/mol. The smallest absolute Gasteiger partial charge is 0.222 e. The van der Waals surface area contributed by atoms with Gasteiger partial charge >= 0.3 is 0 Å². The molecule has 1 aliphatic heterocycles. The van der Waals surface area contributed by atoms with Gasteiger partial charge in [0, 0.05) is 50.6 Å². The van der Waals surface area contributed by atoms with Crippen molar-refractivity contribution in [1.29, 1.82) is 5.41 Å². The van der Waals surface area contributed by atoms with Crippen LogP contribution >= 0.6 is 0 Å². The number of carbonyl (C=O) groups excluding carboxylic acids is 1. The first kappa shape index (κ1) is 26.2. The second-order valence-corrected chi connectivity index (χ2v) is 9.04. The summed E-state index contributed by atoms with van der Waals surface area (Å²) in [4.78, 5) is 23.1. The van der Waals surface area contributed by atoms with E-state index < -0.39 is 0 Å². The maximum atomic E-state index is 11.8. The molecule has 3 aromatic rings. The van der Waals surface area contributed by atoms with Gasteiger partial charge in [0.25, 0.3) is 0 Å². The molecule has 194 valence electrons. The molecule has 2 heterocycles. The normalized spacial score (nSPS) is 13.7. The molecule has 37 heavy (non-hydrogen) atoms. The first-order valence-corrected chi connectivity index (χ1v) is 12.6. The standard InChI is InChI=1S/C28H34N6O3/c29-27(30)17-25(35)8-7-21-3-1-5-23(15-21)24-19-32-28(33-20-24)31-18-22-4-2-6-26(16-22)37-14-11-34-9-12-36-13-10-34/h1-6,15-16,19-20H,7-14,17-18H2,(H3,29,30)(H,31,32,33). The fraction of sp³-hybridized carbons (Fsp3) is 0.357. The molecule has 2 aromatic carbocycles. The summed E-state index contributed by atoms with van der Waals surface area (Å²) in [5.74, 6) is 1.28. The highest BCUT2D eigenvalue weighted by Crippen LogP contribution is 2.21. The van der Waals surface area contributed by atoms with Crippen LogP contribution in [0.2, 0.25) is 0 Å². The molecule has 1 aliphatic rings. The lowest BCUT2D eigenvalue weighted by molar-refractivity contribution is -0.117. The number of morpholine rings is 1. The Kier molecular flexibility index (Phi) is 9.56. The second-order valence-electron chi connectivity index (χ2n) is 9.04. The molecule has 0 amide bonds. The average Bonchev–Trinajstić information content (AvgIpc) is 2.92. The Hall–Kier alpha value is -3.82. The summed E-state index contributed by atoms with van der Waals surface area (Å²) in [5, 5.41) is 10.5. The highest BCUT2D eigenvalue weighted by Gasteiger charge is 2.10. The number of hydrogen-bond donors (Lipinski definition) is 3. The molecule has 0 saturated carbocycles. The number of hydrogen-bond acceptors (Lipinski definition) is 8. The molecule has 1 fully saturated rings. The van der Waals surface area contributed by atoms with E-state index in [1.165, 1.54) is 0 Å². The van der Waals surface area contributed by atoms with E-state index in [1.54, 1.807) is 12.4 Å². The van der Waals surface area contributed by atoms with Crippen molar-refractivity contribution in [3.8, 4) is 16.9 Å². The summed E-state index contributed by atoms with van der Waals surface area (Å²) in [6.07, 6.45) is 4.56. The molecule has 0 radical (unpaired) electrons. The van der Waals surface area contributed by atoms with Gasteiger partial charge in [0.2, 0.25) is 5.95 Å². The Bertz CT molecular complexity index is 1180. The van der Waals surface area contributed by atoms with Crippen molar-refractivity contribution in [1.82, 2.24) is 14.9 Å². The minimum atomic E-state index is -0.0925. The van der Waals surface area contributed by atoms with Gasteiger partial charge in [-0.2, -0.15) is 0 Å². The molecule has 0 aliphatic carbocycles. The van der Waals surface area contributed by atoms with E-state index >= 15 is 0 Å². The van der Waals surface area contributed by atoms with Crippen molar-refractivity contribution in [2.45, 2.75) is 25.8 Å². The molecule has 4 rings (SSSR count). The topological polar surface area (TPSA) is 126 Å². The summed E-state index contributed by atoms with van der Waals surface area (Å²) < 4.78 is 11.3. The maximum Gasteiger partial charge on any atom is 0.222 e. The number of ketones is 1. The molecule has 0 bridgehead atoms. The van der Waals surface area contributed by atoms with Gasteiger partial charge in [-0.05, 0) is 35.2 Å². The Morgan fingerprint density at radius 2 is 1.81 bits per heavy atom. The number of rotatable bonds is 13. The van der Waals surface area contributed by atoms with Crippen LogP contribution in [0, 0.1) is 5.41 Å². The Morgan fingerprint density at radius 3 is 2.59 bits per heavy atom. The van der Waals surface area contributed by atoms with Crippen molar-refractivity contribution >= 4 is 17.6 Å². The number of benzene rings is 2. The highest BCUT2D eigenvalue weighted by molar-refractivity contribution is 5.98. The van der Waals surface area contributed by atoms with Gasteiger partial charge in [0.1, 0.15) is 18.1 Å². The Balaban J connectivity index is 1.26. The number of amidine groups is 1. The number of aromatic nitrogens is 2. The third-order valence-electron chi connectivity index (χ3n) is 6.12. The number of nitrogens with two attached hydrogens (primary N) is 1. The van der Waals surface area contributed by atoms with Gasteiger partial charge in [-0.25, -0.2) is 9.97 Å². The van der Waals surface area contributed by atoms with E-state index in [0.29, 0.717) is 31.9 Å². The Labute approximate surface area is 217 Å². The van der Waals surface area contributed by atoms with Crippen LogP contribution in [0.1, 0.15) is 24.0 Å². The summed E-state index contributed by atoms with van der Waals surface area (Å²) in [6.45, 7) is 5.64. The minimum absolute atomic E-state index is 0.00817. The average molecular weight is 503 g/mol.